The molecule has 0 fully saturated rings. The second kappa shape index (κ2) is 9.04. The molecule has 0 aliphatic rings. The van der Waals surface area contributed by atoms with Gasteiger partial charge in [0.25, 0.3) is 0 Å². The van der Waals surface area contributed by atoms with E-state index < -0.39 is 0 Å². The Morgan fingerprint density at radius 2 is 1.69 bits per heavy atom. The van der Waals surface area contributed by atoms with Gasteiger partial charge in [-0.2, -0.15) is 0 Å². The van der Waals surface area contributed by atoms with E-state index in [4.69, 9.17) is 9.47 Å². The number of nitrogens with one attached hydrogen (secondary N) is 1. The molecule has 0 aliphatic heterocycles. The Balaban J connectivity index is 0.00000106. The highest BCUT2D eigenvalue weighted by Crippen LogP contribution is 2.27. The van der Waals surface area contributed by atoms with Gasteiger partial charge in [-0.1, -0.05) is 26.8 Å². The lowest BCUT2D eigenvalue weighted by molar-refractivity contribution is 0.354. The van der Waals surface area contributed by atoms with Gasteiger partial charge in [0.2, 0.25) is 0 Å². The van der Waals surface area contributed by atoms with Crippen molar-refractivity contribution >= 4 is 0 Å². The van der Waals surface area contributed by atoms with E-state index in [9.17, 15) is 0 Å². The number of rotatable bonds is 5. The molecule has 0 spiro atoms. The third-order valence-corrected chi connectivity index (χ3v) is 2.03. The van der Waals surface area contributed by atoms with Crippen LogP contribution < -0.4 is 14.8 Å². The Morgan fingerprint density at radius 1 is 1.06 bits per heavy atom. The molecule has 3 heteroatoms. The largest absolute Gasteiger partial charge is 0.493 e. The van der Waals surface area contributed by atoms with Crippen LogP contribution in [0.25, 0.3) is 0 Å². The topological polar surface area (TPSA) is 30.5 Å². The van der Waals surface area contributed by atoms with E-state index in [1.807, 2.05) is 32.0 Å². The molecule has 0 amide bonds. The van der Waals surface area contributed by atoms with Gasteiger partial charge < -0.3 is 14.8 Å². The normalized spacial score (nSPS) is 9.06. The van der Waals surface area contributed by atoms with Crippen LogP contribution in [0.5, 0.6) is 11.5 Å². The van der Waals surface area contributed by atoms with Crippen molar-refractivity contribution in [3.8, 4) is 11.5 Å². The van der Waals surface area contributed by atoms with E-state index >= 15 is 0 Å². The highest BCUT2D eigenvalue weighted by atomic mass is 16.5. The summed E-state index contributed by atoms with van der Waals surface area (Å²) in [4.78, 5) is 0. The summed E-state index contributed by atoms with van der Waals surface area (Å²) >= 11 is 0. The third-order valence-electron chi connectivity index (χ3n) is 2.03. The standard InChI is InChI=1S/C11H17NO2.C2H6/c1-4-12-8-9-5-6-10(13-2)11(7-9)14-3;1-2/h5-7,12H,4,8H2,1-3H3;1-2H3. The zero-order chi connectivity index (χ0) is 12.4. The summed E-state index contributed by atoms with van der Waals surface area (Å²) in [6, 6.07) is 5.94. The minimum Gasteiger partial charge on any atom is -0.493 e. The molecule has 1 aromatic rings. The minimum absolute atomic E-state index is 0.771. The number of hydrogen-bond acceptors (Lipinski definition) is 3. The number of benzene rings is 1. The van der Waals surface area contributed by atoms with Crippen LogP contribution in [0.4, 0.5) is 0 Å². The quantitative estimate of drug-likeness (QED) is 0.836. The molecule has 16 heavy (non-hydrogen) atoms. The van der Waals surface area contributed by atoms with Crippen LogP contribution in [0.2, 0.25) is 0 Å². The van der Waals surface area contributed by atoms with E-state index in [0.29, 0.717) is 0 Å². The fourth-order valence-electron chi connectivity index (χ4n) is 1.26. The fourth-order valence-corrected chi connectivity index (χ4v) is 1.26. The first kappa shape index (κ1) is 14.8. The zero-order valence-corrected chi connectivity index (χ0v) is 11.0. The highest BCUT2D eigenvalue weighted by Gasteiger charge is 2.03. The molecule has 0 atom stereocenters. The Labute approximate surface area is 98.8 Å². The van der Waals surface area contributed by atoms with E-state index in [0.717, 1.165) is 24.6 Å². The summed E-state index contributed by atoms with van der Waals surface area (Å²) in [5.74, 6) is 1.55. The average molecular weight is 225 g/mol. The SMILES string of the molecule is CC.CCNCc1ccc(OC)c(OC)c1. The van der Waals surface area contributed by atoms with Crippen molar-refractivity contribution < 1.29 is 9.47 Å². The van der Waals surface area contributed by atoms with Crippen LogP contribution >= 0.6 is 0 Å². The van der Waals surface area contributed by atoms with Gasteiger partial charge in [0, 0.05) is 6.54 Å². The lowest BCUT2D eigenvalue weighted by atomic mass is 10.2. The molecular formula is C13H23NO2. The first-order valence-corrected chi connectivity index (χ1v) is 5.73. The summed E-state index contributed by atoms with van der Waals surface area (Å²) in [6.07, 6.45) is 0. The Bertz CT molecular complexity index is 287. The van der Waals surface area contributed by atoms with E-state index in [2.05, 4.69) is 12.2 Å². The summed E-state index contributed by atoms with van der Waals surface area (Å²) in [5.41, 5.74) is 1.20. The predicted molar refractivity (Wildman–Crippen MR) is 68.3 cm³/mol. The molecule has 0 aromatic heterocycles. The molecule has 0 bridgehead atoms. The number of ether oxygens (including phenoxy) is 2. The molecule has 0 radical (unpaired) electrons. The van der Waals surface area contributed by atoms with Gasteiger partial charge in [-0.15, -0.1) is 0 Å². The summed E-state index contributed by atoms with van der Waals surface area (Å²) in [5, 5.41) is 3.26. The lowest BCUT2D eigenvalue weighted by Gasteiger charge is -2.09. The maximum absolute atomic E-state index is 5.20. The van der Waals surface area contributed by atoms with Crippen molar-refractivity contribution in [2.24, 2.45) is 0 Å². The smallest absolute Gasteiger partial charge is 0.161 e. The average Bonchev–Trinajstić information content (AvgIpc) is 2.38. The van der Waals surface area contributed by atoms with Crippen molar-refractivity contribution in [1.29, 1.82) is 0 Å². The van der Waals surface area contributed by atoms with E-state index in [-0.39, 0.29) is 0 Å². The lowest BCUT2D eigenvalue weighted by Crippen LogP contribution is -2.11. The van der Waals surface area contributed by atoms with Gasteiger partial charge >= 0.3 is 0 Å². The molecule has 0 saturated heterocycles. The third kappa shape index (κ3) is 4.53. The first-order valence-electron chi connectivity index (χ1n) is 5.73. The minimum atomic E-state index is 0.771. The molecule has 0 saturated carbocycles. The van der Waals surface area contributed by atoms with Crippen LogP contribution in [0.15, 0.2) is 18.2 Å². The second-order valence-electron chi connectivity index (χ2n) is 2.97. The zero-order valence-electron chi connectivity index (χ0n) is 11.0. The Hall–Kier alpha value is -1.22. The molecule has 0 heterocycles. The van der Waals surface area contributed by atoms with Gasteiger partial charge in [-0.05, 0) is 24.2 Å². The number of hydrogen-bond donors (Lipinski definition) is 1. The van der Waals surface area contributed by atoms with Crippen LogP contribution in [0.3, 0.4) is 0 Å². The van der Waals surface area contributed by atoms with E-state index in [1.165, 1.54) is 5.56 Å². The predicted octanol–water partition coefficient (Wildman–Crippen LogP) is 2.84. The molecule has 3 nitrogen and oxygen atoms in total. The van der Waals surface area contributed by atoms with Gasteiger partial charge in [-0.3, -0.25) is 0 Å². The highest BCUT2D eigenvalue weighted by molar-refractivity contribution is 5.42. The van der Waals surface area contributed by atoms with Crippen LogP contribution in [0.1, 0.15) is 26.3 Å². The molecule has 1 rings (SSSR count). The van der Waals surface area contributed by atoms with Crippen molar-refractivity contribution in [3.63, 3.8) is 0 Å². The maximum atomic E-state index is 5.20. The number of methoxy groups -OCH3 is 2. The second-order valence-corrected chi connectivity index (χ2v) is 2.97. The van der Waals surface area contributed by atoms with Crippen molar-refractivity contribution in [2.45, 2.75) is 27.3 Å². The molecule has 0 aliphatic carbocycles. The first-order chi connectivity index (χ1) is 7.81. The van der Waals surface area contributed by atoms with Crippen molar-refractivity contribution in [3.05, 3.63) is 23.8 Å². The van der Waals surface area contributed by atoms with E-state index in [1.54, 1.807) is 14.2 Å². The van der Waals surface area contributed by atoms with Gasteiger partial charge in [0.15, 0.2) is 11.5 Å². The van der Waals surface area contributed by atoms with Gasteiger partial charge in [0.05, 0.1) is 14.2 Å². The molecule has 1 N–H and O–H groups in total. The maximum Gasteiger partial charge on any atom is 0.161 e. The molecule has 0 unspecified atom stereocenters. The summed E-state index contributed by atoms with van der Waals surface area (Å²) < 4.78 is 10.4. The van der Waals surface area contributed by atoms with Gasteiger partial charge in [-0.25, -0.2) is 0 Å². The Morgan fingerprint density at radius 3 is 2.19 bits per heavy atom. The fraction of sp³-hybridized carbons (Fsp3) is 0.538. The summed E-state index contributed by atoms with van der Waals surface area (Å²) in [7, 11) is 3.29. The van der Waals surface area contributed by atoms with Crippen LogP contribution in [-0.2, 0) is 6.54 Å². The van der Waals surface area contributed by atoms with Crippen LogP contribution in [-0.4, -0.2) is 20.8 Å². The monoisotopic (exact) mass is 225 g/mol. The van der Waals surface area contributed by atoms with Gasteiger partial charge in [0.1, 0.15) is 0 Å². The summed E-state index contributed by atoms with van der Waals surface area (Å²) in [6.45, 7) is 7.91. The molecule has 1 aromatic carbocycles. The van der Waals surface area contributed by atoms with Crippen molar-refractivity contribution in [1.82, 2.24) is 5.32 Å². The Kier molecular flexibility index (Phi) is 8.35. The van der Waals surface area contributed by atoms with Crippen LogP contribution in [0, 0.1) is 0 Å². The molecule has 92 valence electrons. The molecular weight excluding hydrogens is 202 g/mol. The van der Waals surface area contributed by atoms with Crippen molar-refractivity contribution in [2.75, 3.05) is 20.8 Å².